The molecule has 0 aliphatic heterocycles. The number of hydrogen-bond donors (Lipinski definition) is 2. The molecule has 2 N–H and O–H groups in total. The lowest BCUT2D eigenvalue weighted by atomic mass is 10.2. The zero-order valence-electron chi connectivity index (χ0n) is 11.8. The van der Waals surface area contributed by atoms with Gasteiger partial charge in [0.1, 0.15) is 16.4 Å². The predicted octanol–water partition coefficient (Wildman–Crippen LogP) is 3.16. The number of anilines is 1. The summed E-state index contributed by atoms with van der Waals surface area (Å²) >= 11 is 1.53. The first kappa shape index (κ1) is 14.9. The van der Waals surface area contributed by atoms with E-state index in [1.165, 1.54) is 29.5 Å². The number of benzene rings is 1. The van der Waals surface area contributed by atoms with Crippen LogP contribution in [0.1, 0.15) is 21.0 Å². The van der Waals surface area contributed by atoms with Crippen molar-refractivity contribution in [2.75, 3.05) is 5.32 Å². The Morgan fingerprint density at radius 2 is 1.78 bits per heavy atom. The van der Waals surface area contributed by atoms with Crippen LogP contribution in [-0.4, -0.2) is 27.0 Å². The zero-order valence-corrected chi connectivity index (χ0v) is 12.6. The topological polar surface area (TPSA) is 92.2 Å². The summed E-state index contributed by atoms with van der Waals surface area (Å²) in [6.07, 6.45) is 1.73. The molecule has 0 saturated heterocycles. The monoisotopic (exact) mass is 325 g/mol. The second-order valence-electron chi connectivity index (χ2n) is 4.58. The van der Waals surface area contributed by atoms with Gasteiger partial charge in [-0.25, -0.2) is 14.8 Å². The number of hydrogen-bond acceptors (Lipinski definition) is 5. The largest absolute Gasteiger partial charge is 0.477 e. The van der Waals surface area contributed by atoms with Crippen LogP contribution in [0.5, 0.6) is 0 Å². The van der Waals surface area contributed by atoms with Crippen molar-refractivity contribution in [2.45, 2.75) is 0 Å². The van der Waals surface area contributed by atoms with Crippen molar-refractivity contribution < 1.29 is 14.7 Å². The van der Waals surface area contributed by atoms with Crippen molar-refractivity contribution in [1.82, 2.24) is 9.97 Å². The van der Waals surface area contributed by atoms with Crippen molar-refractivity contribution in [3.8, 4) is 10.6 Å². The summed E-state index contributed by atoms with van der Waals surface area (Å²) in [5, 5.41) is 14.4. The molecule has 0 spiro atoms. The number of amides is 1. The van der Waals surface area contributed by atoms with E-state index in [0.717, 1.165) is 10.6 Å². The quantitative estimate of drug-likeness (QED) is 0.768. The summed E-state index contributed by atoms with van der Waals surface area (Å²) in [5.74, 6) is -1.64. The van der Waals surface area contributed by atoms with Crippen molar-refractivity contribution >= 4 is 28.9 Å². The Hall–Kier alpha value is -3.06. The summed E-state index contributed by atoms with van der Waals surface area (Å²) in [7, 11) is 0. The smallest absolute Gasteiger partial charge is 0.354 e. The highest BCUT2D eigenvalue weighted by atomic mass is 32.1. The molecule has 6 nitrogen and oxygen atoms in total. The van der Waals surface area contributed by atoms with E-state index in [4.69, 9.17) is 5.11 Å². The summed E-state index contributed by atoms with van der Waals surface area (Å²) in [6, 6.07) is 11.5. The number of carbonyl (C=O) groups is 2. The third kappa shape index (κ3) is 3.41. The van der Waals surface area contributed by atoms with Gasteiger partial charge >= 0.3 is 5.97 Å². The van der Waals surface area contributed by atoms with Crippen LogP contribution in [0.4, 0.5) is 5.69 Å². The Bertz CT molecular complexity index is 845. The summed E-state index contributed by atoms with van der Waals surface area (Å²) in [4.78, 5) is 31.0. The van der Waals surface area contributed by atoms with Gasteiger partial charge in [-0.2, -0.15) is 0 Å². The van der Waals surface area contributed by atoms with Crippen LogP contribution in [0.15, 0.2) is 54.0 Å². The Kier molecular flexibility index (Phi) is 4.11. The van der Waals surface area contributed by atoms with E-state index >= 15 is 0 Å². The fourth-order valence-electron chi connectivity index (χ4n) is 1.94. The highest BCUT2D eigenvalue weighted by Crippen LogP contribution is 2.23. The lowest BCUT2D eigenvalue weighted by molar-refractivity contribution is 0.0690. The molecule has 0 fully saturated rings. The molecule has 2 aromatic heterocycles. The zero-order chi connectivity index (χ0) is 16.2. The van der Waals surface area contributed by atoms with Crippen molar-refractivity contribution in [3.63, 3.8) is 0 Å². The minimum atomic E-state index is -1.17. The molecule has 1 aromatic carbocycles. The number of rotatable bonds is 4. The average Bonchev–Trinajstić information content (AvgIpc) is 3.10. The van der Waals surface area contributed by atoms with Crippen LogP contribution in [-0.2, 0) is 0 Å². The number of pyridine rings is 1. The maximum Gasteiger partial charge on any atom is 0.354 e. The van der Waals surface area contributed by atoms with E-state index in [1.807, 2.05) is 17.5 Å². The Morgan fingerprint density at radius 3 is 2.43 bits per heavy atom. The number of aromatic nitrogens is 2. The van der Waals surface area contributed by atoms with Crippen LogP contribution < -0.4 is 5.32 Å². The van der Waals surface area contributed by atoms with Gasteiger partial charge in [0.25, 0.3) is 5.91 Å². The van der Waals surface area contributed by atoms with Crippen molar-refractivity contribution in [1.29, 1.82) is 0 Å². The number of carboxylic acids is 1. The van der Waals surface area contributed by atoms with Crippen LogP contribution in [0.2, 0.25) is 0 Å². The van der Waals surface area contributed by atoms with E-state index in [0.29, 0.717) is 5.69 Å². The third-order valence-electron chi connectivity index (χ3n) is 3.02. The van der Waals surface area contributed by atoms with Gasteiger partial charge in [0.15, 0.2) is 0 Å². The Morgan fingerprint density at radius 1 is 1.04 bits per heavy atom. The van der Waals surface area contributed by atoms with Crippen LogP contribution in [0, 0.1) is 0 Å². The standard InChI is InChI=1S/C16H11N3O3S/c20-14(12-2-1-3-13(19-12)16(21)22)18-11-6-4-10(5-7-11)15-17-8-9-23-15/h1-9H,(H,18,20)(H,21,22). The Balaban J connectivity index is 1.75. The van der Waals surface area contributed by atoms with Gasteiger partial charge in [0, 0.05) is 22.8 Å². The molecule has 2 heterocycles. The SMILES string of the molecule is O=C(O)c1cccc(C(=O)Nc2ccc(-c3nccs3)cc2)n1. The first-order valence-corrected chi connectivity index (χ1v) is 7.53. The first-order valence-electron chi connectivity index (χ1n) is 6.65. The second kappa shape index (κ2) is 6.37. The maximum absolute atomic E-state index is 12.1. The van der Waals surface area contributed by atoms with Gasteiger partial charge in [0.05, 0.1) is 0 Å². The summed E-state index contributed by atoms with van der Waals surface area (Å²) in [6.45, 7) is 0. The highest BCUT2D eigenvalue weighted by molar-refractivity contribution is 7.13. The molecule has 7 heteroatoms. The Labute approximate surface area is 135 Å². The maximum atomic E-state index is 12.1. The number of carbonyl (C=O) groups excluding carboxylic acids is 1. The number of nitrogens with zero attached hydrogens (tertiary/aromatic N) is 2. The van der Waals surface area contributed by atoms with Crippen LogP contribution in [0.25, 0.3) is 10.6 Å². The third-order valence-corrected chi connectivity index (χ3v) is 3.85. The van der Waals surface area contributed by atoms with E-state index in [9.17, 15) is 9.59 Å². The number of nitrogens with one attached hydrogen (secondary N) is 1. The van der Waals surface area contributed by atoms with Gasteiger partial charge in [-0.3, -0.25) is 4.79 Å². The van der Waals surface area contributed by atoms with Crippen LogP contribution in [0.3, 0.4) is 0 Å². The van der Waals surface area contributed by atoms with Gasteiger partial charge in [-0.1, -0.05) is 6.07 Å². The van der Waals surface area contributed by atoms with Gasteiger partial charge < -0.3 is 10.4 Å². The molecule has 114 valence electrons. The summed E-state index contributed by atoms with van der Waals surface area (Å²) in [5.41, 5.74) is 1.44. The second-order valence-corrected chi connectivity index (χ2v) is 5.48. The molecule has 0 bridgehead atoms. The molecule has 0 saturated carbocycles. The molecule has 1 amide bonds. The van der Waals surface area contributed by atoms with Crippen LogP contribution >= 0.6 is 11.3 Å². The molecule has 0 aliphatic rings. The fraction of sp³-hybridized carbons (Fsp3) is 0. The van der Waals surface area contributed by atoms with Crippen molar-refractivity contribution in [2.24, 2.45) is 0 Å². The molecular weight excluding hydrogens is 314 g/mol. The van der Waals surface area contributed by atoms with Crippen molar-refractivity contribution in [3.05, 3.63) is 65.4 Å². The fourth-order valence-corrected chi connectivity index (χ4v) is 2.58. The minimum absolute atomic E-state index is 0.0499. The number of carboxylic acid groups (broad SMARTS) is 1. The molecular formula is C16H11N3O3S. The normalized spacial score (nSPS) is 10.3. The minimum Gasteiger partial charge on any atom is -0.477 e. The highest BCUT2D eigenvalue weighted by Gasteiger charge is 2.11. The van der Waals surface area contributed by atoms with Gasteiger partial charge in [-0.05, 0) is 36.4 Å². The average molecular weight is 325 g/mol. The van der Waals surface area contributed by atoms with E-state index in [2.05, 4.69) is 15.3 Å². The lowest BCUT2D eigenvalue weighted by Gasteiger charge is -2.06. The van der Waals surface area contributed by atoms with Gasteiger partial charge in [0.2, 0.25) is 0 Å². The number of thiazole rings is 1. The molecule has 3 rings (SSSR count). The summed E-state index contributed by atoms with van der Waals surface area (Å²) < 4.78 is 0. The molecule has 23 heavy (non-hydrogen) atoms. The van der Waals surface area contributed by atoms with E-state index < -0.39 is 11.9 Å². The molecule has 3 aromatic rings. The molecule has 0 unspecified atom stereocenters. The van der Waals surface area contributed by atoms with E-state index in [1.54, 1.807) is 18.3 Å². The molecule has 0 atom stereocenters. The first-order chi connectivity index (χ1) is 11.1. The molecule has 0 radical (unpaired) electrons. The van der Waals surface area contributed by atoms with Gasteiger partial charge in [-0.15, -0.1) is 11.3 Å². The molecule has 0 aliphatic carbocycles. The predicted molar refractivity (Wildman–Crippen MR) is 86.7 cm³/mol. The number of aromatic carboxylic acids is 1. The lowest BCUT2D eigenvalue weighted by Crippen LogP contribution is -2.15. The van der Waals surface area contributed by atoms with E-state index in [-0.39, 0.29) is 11.4 Å².